The molecule has 1 aliphatic rings. The molecule has 3 heteroatoms. The molecule has 0 spiro atoms. The molecule has 0 unspecified atom stereocenters. The summed E-state index contributed by atoms with van der Waals surface area (Å²) < 4.78 is 0. The zero-order chi connectivity index (χ0) is 25.2. The van der Waals surface area contributed by atoms with Gasteiger partial charge < -0.3 is 10.2 Å². The Bertz CT molecular complexity index is 936. The Balaban J connectivity index is 2.69. The van der Waals surface area contributed by atoms with Crippen LogP contribution in [0, 0.1) is 5.41 Å². The fourth-order valence-electron chi connectivity index (χ4n) is 3.74. The van der Waals surface area contributed by atoms with E-state index >= 15 is 0 Å². The summed E-state index contributed by atoms with van der Waals surface area (Å²) in [4.78, 5) is 11.7. The van der Waals surface area contributed by atoms with Crippen molar-refractivity contribution >= 4 is 5.78 Å². The quantitative estimate of drug-likeness (QED) is 0.297. The van der Waals surface area contributed by atoms with E-state index < -0.39 is 5.60 Å². The third kappa shape index (κ3) is 10.8. The molecule has 2 N–H and O–H groups in total. The Hall–Kier alpha value is -2.49. The minimum atomic E-state index is -1.34. The first-order chi connectivity index (χ1) is 15.2. The van der Waals surface area contributed by atoms with Gasteiger partial charge in [0.05, 0.1) is 6.10 Å². The Morgan fingerprint density at radius 2 is 1.42 bits per heavy atom. The lowest BCUT2D eigenvalue weighted by atomic mass is 9.71. The number of aliphatic hydroxyl groups is 2. The minimum Gasteiger partial charge on any atom is -0.393 e. The SMILES string of the molecule is CC(C=CC=C(C)C=CC1=C(C)C[C@@H](O)CC1(C)C)=CC=CC=C(C)C=CC(=O)C(C)(C)O. The van der Waals surface area contributed by atoms with Crippen LogP contribution in [-0.4, -0.2) is 27.7 Å². The first-order valence-electron chi connectivity index (χ1n) is 11.6. The van der Waals surface area contributed by atoms with Crippen LogP contribution < -0.4 is 0 Å². The van der Waals surface area contributed by atoms with Crippen LogP contribution in [-0.2, 0) is 4.79 Å². The maximum Gasteiger partial charge on any atom is 0.186 e. The van der Waals surface area contributed by atoms with Crippen molar-refractivity contribution < 1.29 is 15.0 Å². The van der Waals surface area contributed by atoms with Crippen molar-refractivity contribution in [3.05, 3.63) is 94.7 Å². The lowest BCUT2D eigenvalue weighted by Gasteiger charge is -2.35. The standard InChI is InChI=1S/C30H42O3/c1-22(12-9-10-13-23(2)17-19-28(32)30(7,8)33)14-11-15-24(3)16-18-27-25(4)20-26(31)21-29(27,5)6/h9-19,26,31,33H,20-21H2,1-8H3/t26-/m1/s1. The van der Waals surface area contributed by atoms with Gasteiger partial charge in [-0.15, -0.1) is 0 Å². The zero-order valence-electron chi connectivity index (χ0n) is 21.6. The Labute approximate surface area is 201 Å². The fraction of sp³-hybridized carbons (Fsp3) is 0.433. The van der Waals surface area contributed by atoms with Crippen LogP contribution in [0.25, 0.3) is 0 Å². The van der Waals surface area contributed by atoms with Crippen molar-refractivity contribution in [3.8, 4) is 0 Å². The first-order valence-corrected chi connectivity index (χ1v) is 11.6. The zero-order valence-corrected chi connectivity index (χ0v) is 21.6. The number of carbonyl (C=O) groups excluding carboxylic acids is 1. The van der Waals surface area contributed by atoms with Gasteiger partial charge in [0.25, 0.3) is 0 Å². The fourth-order valence-corrected chi connectivity index (χ4v) is 3.74. The second-order valence-electron chi connectivity index (χ2n) is 10.2. The summed E-state index contributed by atoms with van der Waals surface area (Å²) in [5.74, 6) is -0.314. The van der Waals surface area contributed by atoms with E-state index in [1.165, 1.54) is 36.6 Å². The molecule has 0 aliphatic heterocycles. The molecular weight excluding hydrogens is 408 g/mol. The largest absolute Gasteiger partial charge is 0.393 e. The summed E-state index contributed by atoms with van der Waals surface area (Å²) in [5, 5.41) is 19.7. The molecule has 0 saturated heterocycles. The smallest absolute Gasteiger partial charge is 0.186 e. The highest BCUT2D eigenvalue weighted by Gasteiger charge is 2.31. The van der Waals surface area contributed by atoms with Crippen molar-refractivity contribution in [2.45, 2.75) is 79.9 Å². The van der Waals surface area contributed by atoms with Crippen LogP contribution in [0.5, 0.6) is 0 Å². The van der Waals surface area contributed by atoms with Crippen LogP contribution in [0.1, 0.15) is 68.2 Å². The lowest BCUT2D eigenvalue weighted by Crippen LogP contribution is -2.29. The summed E-state index contributed by atoms with van der Waals surface area (Å²) in [5.41, 5.74) is 4.47. The normalized spacial score (nSPS) is 21.4. The summed E-state index contributed by atoms with van der Waals surface area (Å²) in [7, 11) is 0. The molecule has 0 heterocycles. The van der Waals surface area contributed by atoms with E-state index in [9.17, 15) is 15.0 Å². The monoisotopic (exact) mass is 450 g/mol. The highest BCUT2D eigenvalue weighted by Crippen LogP contribution is 2.41. The van der Waals surface area contributed by atoms with E-state index in [-0.39, 0.29) is 17.3 Å². The van der Waals surface area contributed by atoms with Gasteiger partial charge in [-0.05, 0) is 71.4 Å². The second-order valence-corrected chi connectivity index (χ2v) is 10.2. The van der Waals surface area contributed by atoms with Crippen LogP contribution in [0.15, 0.2) is 94.7 Å². The molecule has 0 amide bonds. The molecular formula is C30H42O3. The summed E-state index contributed by atoms with van der Waals surface area (Å²) in [6.07, 6.45) is 22.8. The highest BCUT2D eigenvalue weighted by atomic mass is 16.3. The van der Waals surface area contributed by atoms with E-state index in [1.54, 1.807) is 6.08 Å². The maximum atomic E-state index is 11.7. The molecule has 33 heavy (non-hydrogen) atoms. The number of allylic oxidation sites excluding steroid dienone is 14. The first kappa shape index (κ1) is 28.5. The van der Waals surface area contributed by atoms with Gasteiger partial charge in [0.2, 0.25) is 0 Å². The molecule has 1 atom stereocenters. The summed E-state index contributed by atoms with van der Waals surface area (Å²) in [6.45, 7) is 15.5. The average Bonchev–Trinajstić information content (AvgIpc) is 2.67. The molecule has 1 rings (SSSR count). The predicted octanol–water partition coefficient (Wildman–Crippen LogP) is 6.89. The summed E-state index contributed by atoms with van der Waals surface area (Å²) >= 11 is 0. The van der Waals surface area contributed by atoms with E-state index in [4.69, 9.17) is 0 Å². The Morgan fingerprint density at radius 1 is 0.909 bits per heavy atom. The van der Waals surface area contributed by atoms with Crippen molar-refractivity contribution in [3.63, 3.8) is 0 Å². The molecule has 180 valence electrons. The topological polar surface area (TPSA) is 57.5 Å². The van der Waals surface area contributed by atoms with Crippen molar-refractivity contribution in [2.75, 3.05) is 0 Å². The average molecular weight is 451 g/mol. The van der Waals surface area contributed by atoms with E-state index in [1.807, 2.05) is 44.2 Å². The molecule has 1 aliphatic carbocycles. The van der Waals surface area contributed by atoms with Crippen molar-refractivity contribution in [1.29, 1.82) is 0 Å². The van der Waals surface area contributed by atoms with E-state index in [2.05, 4.69) is 52.0 Å². The lowest BCUT2D eigenvalue weighted by molar-refractivity contribution is -0.128. The van der Waals surface area contributed by atoms with Gasteiger partial charge in [0.15, 0.2) is 5.78 Å². The van der Waals surface area contributed by atoms with Crippen LogP contribution in [0.4, 0.5) is 0 Å². The molecule has 0 fully saturated rings. The van der Waals surface area contributed by atoms with Crippen LogP contribution in [0.2, 0.25) is 0 Å². The second kappa shape index (κ2) is 12.7. The van der Waals surface area contributed by atoms with Gasteiger partial charge in [-0.3, -0.25) is 4.79 Å². The molecule has 3 nitrogen and oxygen atoms in total. The third-order valence-electron chi connectivity index (χ3n) is 5.64. The molecule has 0 saturated carbocycles. The van der Waals surface area contributed by atoms with Crippen molar-refractivity contribution in [2.24, 2.45) is 5.41 Å². The van der Waals surface area contributed by atoms with Gasteiger partial charge >= 0.3 is 0 Å². The summed E-state index contributed by atoms with van der Waals surface area (Å²) in [6, 6.07) is 0. The highest BCUT2D eigenvalue weighted by molar-refractivity contribution is 5.96. The van der Waals surface area contributed by atoms with Gasteiger partial charge in [0.1, 0.15) is 5.60 Å². The van der Waals surface area contributed by atoms with Gasteiger partial charge in [-0.1, -0.05) is 96.9 Å². The molecule has 0 aromatic heterocycles. The number of hydrogen-bond donors (Lipinski definition) is 2. The predicted molar refractivity (Wildman–Crippen MR) is 141 cm³/mol. The number of aliphatic hydroxyl groups excluding tert-OH is 1. The molecule has 0 radical (unpaired) electrons. The minimum absolute atomic E-state index is 0.00638. The Morgan fingerprint density at radius 3 is 1.97 bits per heavy atom. The third-order valence-corrected chi connectivity index (χ3v) is 5.64. The van der Waals surface area contributed by atoms with Gasteiger partial charge in [-0.2, -0.15) is 0 Å². The number of hydrogen-bond acceptors (Lipinski definition) is 3. The molecule has 0 aromatic carbocycles. The Kier molecular flexibility index (Phi) is 11.0. The van der Waals surface area contributed by atoms with Crippen molar-refractivity contribution in [1.82, 2.24) is 0 Å². The van der Waals surface area contributed by atoms with Gasteiger partial charge in [-0.25, -0.2) is 0 Å². The maximum absolute atomic E-state index is 11.7. The van der Waals surface area contributed by atoms with Gasteiger partial charge in [0, 0.05) is 0 Å². The molecule has 0 bridgehead atoms. The van der Waals surface area contributed by atoms with E-state index in [0.29, 0.717) is 0 Å². The number of carbonyl (C=O) groups is 1. The number of ketones is 1. The van der Waals surface area contributed by atoms with Crippen LogP contribution in [0.3, 0.4) is 0 Å². The molecule has 0 aromatic rings. The number of rotatable bonds is 9. The van der Waals surface area contributed by atoms with Crippen LogP contribution >= 0.6 is 0 Å². The van der Waals surface area contributed by atoms with E-state index in [0.717, 1.165) is 24.0 Å².